The number of nitrogens with one attached hydrogen (secondary N) is 1. The van der Waals surface area contributed by atoms with Crippen molar-refractivity contribution in [3.05, 3.63) is 22.4 Å². The molecule has 1 aliphatic heterocycles. The van der Waals surface area contributed by atoms with Gasteiger partial charge in [0, 0.05) is 30.9 Å². The molecule has 1 saturated heterocycles. The number of ether oxygens (including phenoxy) is 1. The fourth-order valence-electron chi connectivity index (χ4n) is 3.38. The van der Waals surface area contributed by atoms with Crippen LogP contribution >= 0.6 is 11.3 Å². The Morgan fingerprint density at radius 1 is 1.43 bits per heavy atom. The van der Waals surface area contributed by atoms with Crippen LogP contribution in [-0.2, 0) is 16.1 Å². The Morgan fingerprint density at radius 3 is 3.05 bits per heavy atom. The Balaban J connectivity index is 1.39. The third-order valence-electron chi connectivity index (χ3n) is 4.54. The van der Waals surface area contributed by atoms with Crippen molar-refractivity contribution >= 4 is 17.2 Å². The number of carbonyl (C=O) groups excluding carboxylic acids is 1. The van der Waals surface area contributed by atoms with E-state index in [-0.39, 0.29) is 11.5 Å². The van der Waals surface area contributed by atoms with Crippen molar-refractivity contribution in [3.63, 3.8) is 0 Å². The molecule has 3 rings (SSSR count). The number of nitrogens with zero attached hydrogens (tertiary/aromatic N) is 1. The molecule has 2 aliphatic rings. The lowest BCUT2D eigenvalue weighted by molar-refractivity contribution is -0.124. The van der Waals surface area contributed by atoms with E-state index in [9.17, 15) is 4.79 Å². The van der Waals surface area contributed by atoms with Crippen LogP contribution in [0.2, 0.25) is 0 Å². The normalized spacial score (nSPS) is 21.7. The summed E-state index contributed by atoms with van der Waals surface area (Å²) in [6.07, 6.45) is 5.54. The van der Waals surface area contributed by atoms with Crippen LogP contribution in [0.15, 0.2) is 17.5 Å². The van der Waals surface area contributed by atoms with Crippen LogP contribution in [0.4, 0.5) is 0 Å². The molecule has 116 valence electrons. The number of rotatable bonds is 5. The van der Waals surface area contributed by atoms with Crippen LogP contribution in [0, 0.1) is 0 Å². The SMILES string of the molecule is O=C(CCN1CCOC2(CCCC2)C1)NCc1cccs1. The Bertz CT molecular complexity index is 455. The van der Waals surface area contributed by atoms with Crippen LogP contribution < -0.4 is 5.32 Å². The van der Waals surface area contributed by atoms with Crippen LogP contribution in [0.1, 0.15) is 37.0 Å². The molecular weight excluding hydrogens is 284 g/mol. The van der Waals surface area contributed by atoms with E-state index in [4.69, 9.17) is 4.74 Å². The minimum Gasteiger partial charge on any atom is -0.372 e. The first-order chi connectivity index (χ1) is 10.3. The molecule has 0 aromatic carbocycles. The maximum absolute atomic E-state index is 11.9. The summed E-state index contributed by atoms with van der Waals surface area (Å²) in [5.74, 6) is 0.148. The lowest BCUT2D eigenvalue weighted by Gasteiger charge is -2.40. The lowest BCUT2D eigenvalue weighted by Crippen LogP contribution is -2.50. The van der Waals surface area contributed by atoms with Gasteiger partial charge in [-0.2, -0.15) is 0 Å². The zero-order chi connectivity index (χ0) is 14.5. The highest BCUT2D eigenvalue weighted by atomic mass is 32.1. The first-order valence-corrected chi connectivity index (χ1v) is 8.79. The molecule has 0 unspecified atom stereocenters. The molecule has 1 aromatic rings. The van der Waals surface area contributed by atoms with Crippen molar-refractivity contribution in [2.75, 3.05) is 26.2 Å². The summed E-state index contributed by atoms with van der Waals surface area (Å²) in [7, 11) is 0. The van der Waals surface area contributed by atoms with E-state index in [2.05, 4.69) is 16.3 Å². The van der Waals surface area contributed by atoms with Gasteiger partial charge in [0.15, 0.2) is 0 Å². The van der Waals surface area contributed by atoms with E-state index in [1.807, 2.05) is 11.4 Å². The maximum Gasteiger partial charge on any atom is 0.221 e. The summed E-state index contributed by atoms with van der Waals surface area (Å²) < 4.78 is 6.02. The highest BCUT2D eigenvalue weighted by molar-refractivity contribution is 7.09. The fourth-order valence-corrected chi connectivity index (χ4v) is 4.03. The van der Waals surface area contributed by atoms with Gasteiger partial charge in [-0.1, -0.05) is 18.9 Å². The molecule has 0 radical (unpaired) electrons. The quantitative estimate of drug-likeness (QED) is 0.908. The summed E-state index contributed by atoms with van der Waals surface area (Å²) in [4.78, 5) is 15.5. The second-order valence-corrected chi connectivity index (χ2v) is 7.15. The van der Waals surface area contributed by atoms with Crippen molar-refractivity contribution in [2.24, 2.45) is 0 Å². The van der Waals surface area contributed by atoms with Gasteiger partial charge in [0.2, 0.25) is 5.91 Å². The smallest absolute Gasteiger partial charge is 0.221 e. The largest absolute Gasteiger partial charge is 0.372 e. The second-order valence-electron chi connectivity index (χ2n) is 6.12. The third kappa shape index (κ3) is 4.05. The van der Waals surface area contributed by atoms with E-state index in [1.165, 1.54) is 30.6 Å². The molecular formula is C16H24N2O2S. The van der Waals surface area contributed by atoms with Crippen LogP contribution in [-0.4, -0.2) is 42.6 Å². The van der Waals surface area contributed by atoms with Crippen molar-refractivity contribution < 1.29 is 9.53 Å². The summed E-state index contributed by atoms with van der Waals surface area (Å²) in [5, 5.41) is 5.04. The van der Waals surface area contributed by atoms with E-state index in [1.54, 1.807) is 11.3 Å². The minimum atomic E-state index is 0.103. The third-order valence-corrected chi connectivity index (χ3v) is 5.41. The first kappa shape index (κ1) is 15.0. The topological polar surface area (TPSA) is 41.6 Å². The summed E-state index contributed by atoms with van der Waals surface area (Å²) in [6, 6.07) is 4.07. The van der Waals surface area contributed by atoms with Gasteiger partial charge in [0.1, 0.15) is 0 Å². The zero-order valence-corrected chi connectivity index (χ0v) is 13.3. The van der Waals surface area contributed by atoms with Crippen molar-refractivity contribution in [3.8, 4) is 0 Å². The average Bonchev–Trinajstić information content (AvgIpc) is 3.15. The van der Waals surface area contributed by atoms with Gasteiger partial charge in [-0.3, -0.25) is 9.69 Å². The number of amides is 1. The van der Waals surface area contributed by atoms with Gasteiger partial charge in [0.05, 0.1) is 18.8 Å². The standard InChI is InChI=1S/C16H24N2O2S/c19-15(17-12-14-4-3-11-21-14)5-8-18-9-10-20-16(13-18)6-1-2-7-16/h3-4,11H,1-2,5-10,12-13H2,(H,17,19). The molecule has 0 atom stereocenters. The molecule has 1 aliphatic carbocycles. The monoisotopic (exact) mass is 308 g/mol. The molecule has 2 heterocycles. The van der Waals surface area contributed by atoms with Gasteiger partial charge >= 0.3 is 0 Å². The van der Waals surface area contributed by atoms with E-state index in [0.717, 1.165) is 26.2 Å². The van der Waals surface area contributed by atoms with Gasteiger partial charge in [-0.05, 0) is 24.3 Å². The molecule has 4 nitrogen and oxygen atoms in total. The van der Waals surface area contributed by atoms with E-state index < -0.39 is 0 Å². The molecule has 1 amide bonds. The molecule has 1 N–H and O–H groups in total. The molecule has 1 aromatic heterocycles. The molecule has 0 bridgehead atoms. The highest BCUT2D eigenvalue weighted by Gasteiger charge is 2.38. The van der Waals surface area contributed by atoms with Gasteiger partial charge in [-0.25, -0.2) is 0 Å². The lowest BCUT2D eigenvalue weighted by atomic mass is 9.99. The van der Waals surface area contributed by atoms with Crippen LogP contribution in [0.5, 0.6) is 0 Å². The second kappa shape index (κ2) is 6.90. The molecule has 2 fully saturated rings. The van der Waals surface area contributed by atoms with Gasteiger partial charge < -0.3 is 10.1 Å². The maximum atomic E-state index is 11.9. The zero-order valence-electron chi connectivity index (χ0n) is 12.5. The molecule has 5 heteroatoms. The number of carbonyl (C=O) groups is 1. The summed E-state index contributed by atoms with van der Waals surface area (Å²) in [6.45, 7) is 4.28. The molecule has 1 saturated carbocycles. The van der Waals surface area contributed by atoms with Crippen LogP contribution in [0.25, 0.3) is 0 Å². The minimum absolute atomic E-state index is 0.103. The van der Waals surface area contributed by atoms with E-state index >= 15 is 0 Å². The molecule has 1 spiro atoms. The number of hydrogen-bond acceptors (Lipinski definition) is 4. The fraction of sp³-hybridized carbons (Fsp3) is 0.688. The average molecular weight is 308 g/mol. The Hall–Kier alpha value is -0.910. The summed E-state index contributed by atoms with van der Waals surface area (Å²) >= 11 is 1.68. The Morgan fingerprint density at radius 2 is 2.29 bits per heavy atom. The van der Waals surface area contributed by atoms with Crippen molar-refractivity contribution in [2.45, 2.75) is 44.2 Å². The first-order valence-electron chi connectivity index (χ1n) is 7.91. The predicted molar refractivity (Wildman–Crippen MR) is 84.4 cm³/mol. The Kier molecular flexibility index (Phi) is 4.93. The van der Waals surface area contributed by atoms with Crippen molar-refractivity contribution in [1.82, 2.24) is 10.2 Å². The number of morpholine rings is 1. The van der Waals surface area contributed by atoms with Crippen LogP contribution in [0.3, 0.4) is 0 Å². The van der Waals surface area contributed by atoms with Gasteiger partial charge in [0.25, 0.3) is 0 Å². The van der Waals surface area contributed by atoms with E-state index in [0.29, 0.717) is 13.0 Å². The number of thiophene rings is 1. The van der Waals surface area contributed by atoms with Gasteiger partial charge in [-0.15, -0.1) is 11.3 Å². The highest BCUT2D eigenvalue weighted by Crippen LogP contribution is 2.35. The molecule has 21 heavy (non-hydrogen) atoms. The predicted octanol–water partition coefficient (Wildman–Crippen LogP) is 2.40. The Labute approximate surface area is 130 Å². The van der Waals surface area contributed by atoms with Crippen molar-refractivity contribution in [1.29, 1.82) is 0 Å². The summed E-state index contributed by atoms with van der Waals surface area (Å²) in [5.41, 5.74) is 0.103. The number of hydrogen-bond donors (Lipinski definition) is 1.